The van der Waals surface area contributed by atoms with Crippen LogP contribution in [0.25, 0.3) is 0 Å². The zero-order valence-corrected chi connectivity index (χ0v) is 12.4. The molecule has 1 unspecified atom stereocenters. The van der Waals surface area contributed by atoms with Crippen molar-refractivity contribution >= 4 is 11.6 Å². The molecule has 1 atom stereocenters. The lowest BCUT2D eigenvalue weighted by molar-refractivity contribution is -0.117. The molecule has 110 valence electrons. The predicted molar refractivity (Wildman–Crippen MR) is 82.4 cm³/mol. The molecule has 0 bridgehead atoms. The van der Waals surface area contributed by atoms with E-state index >= 15 is 0 Å². The maximum atomic E-state index is 12.2. The Balaban J connectivity index is 1.91. The number of nitrogens with zero attached hydrogens (tertiary/aromatic N) is 1. The van der Waals surface area contributed by atoms with Crippen molar-refractivity contribution in [3.05, 3.63) is 29.8 Å². The first-order valence-electron chi connectivity index (χ1n) is 7.43. The molecule has 1 fully saturated rings. The van der Waals surface area contributed by atoms with Gasteiger partial charge in [-0.25, -0.2) is 0 Å². The van der Waals surface area contributed by atoms with Crippen LogP contribution in [0.1, 0.15) is 32.3 Å². The van der Waals surface area contributed by atoms with E-state index in [2.05, 4.69) is 24.1 Å². The van der Waals surface area contributed by atoms with Gasteiger partial charge in [-0.1, -0.05) is 26.0 Å². The number of anilines is 1. The number of amides is 1. The molecular formula is C16H25N3O. The first-order valence-corrected chi connectivity index (χ1v) is 7.43. The quantitative estimate of drug-likeness (QED) is 0.866. The molecule has 0 spiro atoms. The van der Waals surface area contributed by atoms with Gasteiger partial charge in [-0.2, -0.15) is 0 Å². The van der Waals surface area contributed by atoms with Crippen LogP contribution in [0.5, 0.6) is 0 Å². The van der Waals surface area contributed by atoms with E-state index in [4.69, 9.17) is 5.73 Å². The lowest BCUT2D eigenvalue weighted by atomic mass is 10.0. The van der Waals surface area contributed by atoms with Crippen molar-refractivity contribution in [1.29, 1.82) is 0 Å². The Morgan fingerprint density at radius 3 is 3.00 bits per heavy atom. The third-order valence-corrected chi connectivity index (χ3v) is 3.98. The van der Waals surface area contributed by atoms with Crippen LogP contribution in [0.4, 0.5) is 5.69 Å². The van der Waals surface area contributed by atoms with Gasteiger partial charge < -0.3 is 11.1 Å². The number of nitrogens with two attached hydrogens (primary N) is 1. The Morgan fingerprint density at radius 2 is 2.30 bits per heavy atom. The summed E-state index contributed by atoms with van der Waals surface area (Å²) in [5.74, 6) is 0.664. The summed E-state index contributed by atoms with van der Waals surface area (Å²) >= 11 is 0. The Labute approximate surface area is 121 Å². The summed E-state index contributed by atoms with van der Waals surface area (Å²) in [5.41, 5.74) is 7.48. The first kappa shape index (κ1) is 15.0. The second kappa shape index (κ2) is 6.86. The molecule has 20 heavy (non-hydrogen) atoms. The fraction of sp³-hybridized carbons (Fsp3) is 0.562. The standard InChI is InChI=1S/C16H25N3O/c1-12(2)15-7-4-8-19(15)11-16(20)18-14-6-3-5-13(9-14)10-17/h3,5-6,9,12,15H,4,7-8,10-11,17H2,1-2H3,(H,18,20). The predicted octanol–water partition coefficient (Wildman–Crippen LogP) is 2.20. The van der Waals surface area contributed by atoms with E-state index in [0.717, 1.165) is 17.8 Å². The van der Waals surface area contributed by atoms with Gasteiger partial charge in [0.15, 0.2) is 0 Å². The number of hydrogen-bond acceptors (Lipinski definition) is 3. The maximum Gasteiger partial charge on any atom is 0.238 e. The van der Waals surface area contributed by atoms with Gasteiger partial charge in [-0.05, 0) is 43.0 Å². The van der Waals surface area contributed by atoms with Crippen molar-refractivity contribution in [2.24, 2.45) is 11.7 Å². The number of nitrogens with one attached hydrogen (secondary N) is 1. The highest BCUT2D eigenvalue weighted by molar-refractivity contribution is 5.92. The summed E-state index contributed by atoms with van der Waals surface area (Å²) in [7, 11) is 0. The number of carbonyl (C=O) groups excluding carboxylic acids is 1. The van der Waals surface area contributed by atoms with Gasteiger partial charge in [0.2, 0.25) is 5.91 Å². The van der Waals surface area contributed by atoms with Crippen LogP contribution in [-0.4, -0.2) is 29.9 Å². The Bertz CT molecular complexity index is 459. The molecule has 4 nitrogen and oxygen atoms in total. The lowest BCUT2D eigenvalue weighted by Gasteiger charge is -2.26. The van der Waals surface area contributed by atoms with Crippen molar-refractivity contribution in [3.8, 4) is 0 Å². The summed E-state index contributed by atoms with van der Waals surface area (Å²) in [4.78, 5) is 14.5. The molecule has 1 aliphatic rings. The van der Waals surface area contributed by atoms with Crippen LogP contribution in [-0.2, 0) is 11.3 Å². The minimum absolute atomic E-state index is 0.0618. The van der Waals surface area contributed by atoms with E-state index < -0.39 is 0 Å². The molecule has 4 heteroatoms. The molecule has 0 aliphatic carbocycles. The van der Waals surface area contributed by atoms with Gasteiger partial charge in [0.25, 0.3) is 0 Å². The molecule has 3 N–H and O–H groups in total. The highest BCUT2D eigenvalue weighted by atomic mass is 16.2. The molecule has 0 aromatic heterocycles. The second-order valence-corrected chi connectivity index (χ2v) is 5.88. The molecule has 2 rings (SSSR count). The zero-order valence-electron chi connectivity index (χ0n) is 12.4. The number of hydrogen-bond donors (Lipinski definition) is 2. The van der Waals surface area contributed by atoms with Crippen LogP contribution >= 0.6 is 0 Å². The van der Waals surface area contributed by atoms with Crippen LogP contribution in [0.15, 0.2) is 24.3 Å². The van der Waals surface area contributed by atoms with E-state index in [-0.39, 0.29) is 5.91 Å². The van der Waals surface area contributed by atoms with Crippen molar-refractivity contribution < 1.29 is 4.79 Å². The van der Waals surface area contributed by atoms with Gasteiger partial charge in [0.1, 0.15) is 0 Å². The normalized spacial score (nSPS) is 19.5. The molecule has 1 aromatic carbocycles. The van der Waals surface area contributed by atoms with Crippen molar-refractivity contribution in [1.82, 2.24) is 4.90 Å². The molecule has 1 aromatic rings. The highest BCUT2D eigenvalue weighted by Crippen LogP contribution is 2.23. The summed E-state index contributed by atoms with van der Waals surface area (Å²) in [6, 6.07) is 8.26. The number of carbonyl (C=O) groups is 1. The first-order chi connectivity index (χ1) is 9.60. The Hall–Kier alpha value is -1.39. The molecule has 0 radical (unpaired) electrons. The Kier molecular flexibility index (Phi) is 5.15. The summed E-state index contributed by atoms with van der Waals surface area (Å²) in [6.45, 7) is 6.46. The van der Waals surface area contributed by atoms with Gasteiger partial charge >= 0.3 is 0 Å². The van der Waals surface area contributed by atoms with Gasteiger partial charge in [-0.15, -0.1) is 0 Å². The topological polar surface area (TPSA) is 58.4 Å². The fourth-order valence-electron chi connectivity index (χ4n) is 2.96. The summed E-state index contributed by atoms with van der Waals surface area (Å²) < 4.78 is 0. The average molecular weight is 275 g/mol. The van der Waals surface area contributed by atoms with Crippen LogP contribution in [0, 0.1) is 5.92 Å². The zero-order chi connectivity index (χ0) is 14.5. The number of benzene rings is 1. The third-order valence-electron chi connectivity index (χ3n) is 3.98. The van der Waals surface area contributed by atoms with Gasteiger partial charge in [0.05, 0.1) is 6.54 Å². The molecular weight excluding hydrogens is 250 g/mol. The van der Waals surface area contributed by atoms with E-state index in [9.17, 15) is 4.79 Å². The Morgan fingerprint density at radius 1 is 1.50 bits per heavy atom. The van der Waals surface area contributed by atoms with Crippen LogP contribution in [0.2, 0.25) is 0 Å². The molecule has 1 saturated heterocycles. The van der Waals surface area contributed by atoms with E-state index in [1.807, 2.05) is 24.3 Å². The van der Waals surface area contributed by atoms with Crippen molar-refractivity contribution in [2.45, 2.75) is 39.3 Å². The summed E-state index contributed by atoms with van der Waals surface area (Å²) in [5, 5.41) is 2.97. The fourth-order valence-corrected chi connectivity index (χ4v) is 2.96. The molecule has 1 amide bonds. The van der Waals surface area contributed by atoms with Crippen molar-refractivity contribution in [2.75, 3.05) is 18.4 Å². The van der Waals surface area contributed by atoms with Gasteiger partial charge in [-0.3, -0.25) is 9.69 Å². The summed E-state index contributed by atoms with van der Waals surface area (Å²) in [6.07, 6.45) is 2.40. The minimum Gasteiger partial charge on any atom is -0.326 e. The van der Waals surface area contributed by atoms with E-state index in [0.29, 0.717) is 25.0 Å². The average Bonchev–Trinajstić information content (AvgIpc) is 2.87. The third kappa shape index (κ3) is 3.81. The largest absolute Gasteiger partial charge is 0.326 e. The monoisotopic (exact) mass is 275 g/mol. The SMILES string of the molecule is CC(C)C1CCCN1CC(=O)Nc1cccc(CN)c1. The highest BCUT2D eigenvalue weighted by Gasteiger charge is 2.28. The van der Waals surface area contributed by atoms with E-state index in [1.54, 1.807) is 0 Å². The van der Waals surface area contributed by atoms with E-state index in [1.165, 1.54) is 12.8 Å². The molecule has 1 heterocycles. The second-order valence-electron chi connectivity index (χ2n) is 5.88. The number of likely N-dealkylation sites (tertiary alicyclic amines) is 1. The minimum atomic E-state index is 0.0618. The maximum absolute atomic E-state index is 12.2. The smallest absolute Gasteiger partial charge is 0.238 e. The van der Waals surface area contributed by atoms with Gasteiger partial charge in [0, 0.05) is 18.3 Å². The molecule has 1 aliphatic heterocycles. The molecule has 0 saturated carbocycles. The van der Waals surface area contributed by atoms with Crippen molar-refractivity contribution in [3.63, 3.8) is 0 Å². The van der Waals surface area contributed by atoms with Crippen LogP contribution < -0.4 is 11.1 Å². The lowest BCUT2D eigenvalue weighted by Crippen LogP contribution is -2.39. The van der Waals surface area contributed by atoms with Crippen LogP contribution in [0.3, 0.4) is 0 Å². The number of rotatable bonds is 5.